The topological polar surface area (TPSA) is 45.2 Å². The minimum Gasteiger partial charge on any atom is -0.351 e. The maximum Gasteiger partial charge on any atom is 0.253 e. The Labute approximate surface area is 167 Å². The molecule has 0 unspecified atom stereocenters. The van der Waals surface area contributed by atoms with Crippen molar-refractivity contribution in [3.63, 3.8) is 0 Å². The summed E-state index contributed by atoms with van der Waals surface area (Å²) < 4.78 is 0. The third-order valence-corrected chi connectivity index (χ3v) is 5.28. The molecule has 0 aliphatic rings. The lowest BCUT2D eigenvalue weighted by Crippen LogP contribution is -2.34. The quantitative estimate of drug-likeness (QED) is 0.657. The van der Waals surface area contributed by atoms with Crippen molar-refractivity contribution >= 4 is 16.7 Å². The van der Waals surface area contributed by atoms with Crippen LogP contribution in [-0.4, -0.2) is 42.0 Å². The molecule has 0 saturated heterocycles. The Kier molecular flexibility index (Phi) is 6.42. The molecule has 1 aromatic heterocycles. The van der Waals surface area contributed by atoms with Gasteiger partial charge in [0, 0.05) is 30.2 Å². The highest BCUT2D eigenvalue weighted by Crippen LogP contribution is 2.31. The number of pyridine rings is 1. The molecule has 0 bridgehead atoms. The second kappa shape index (κ2) is 8.98. The molecule has 4 nitrogen and oxygen atoms in total. The molecule has 3 aromatic rings. The van der Waals surface area contributed by atoms with Gasteiger partial charge in [0.2, 0.25) is 0 Å². The summed E-state index contributed by atoms with van der Waals surface area (Å²) in [6.07, 6.45) is 1.71. The van der Waals surface area contributed by atoms with E-state index in [4.69, 9.17) is 4.98 Å². The Balaban J connectivity index is 1.93. The van der Waals surface area contributed by atoms with Crippen LogP contribution in [0, 0.1) is 13.8 Å². The zero-order valence-corrected chi connectivity index (χ0v) is 17.2. The molecule has 1 heterocycles. The van der Waals surface area contributed by atoms with Crippen LogP contribution in [0.3, 0.4) is 0 Å². The Morgan fingerprint density at radius 2 is 1.75 bits per heavy atom. The Hall–Kier alpha value is -2.72. The first-order valence-electron chi connectivity index (χ1n) is 10.0. The van der Waals surface area contributed by atoms with Gasteiger partial charge in [-0.3, -0.25) is 9.78 Å². The number of likely N-dealkylation sites (N-methyl/N-ethyl adjacent to an activating group) is 1. The van der Waals surface area contributed by atoms with Gasteiger partial charge in [-0.05, 0) is 37.9 Å². The number of rotatable bonds is 7. The molecule has 0 atom stereocenters. The largest absolute Gasteiger partial charge is 0.351 e. The molecule has 0 radical (unpaired) electrons. The number of benzene rings is 2. The number of hydrogen-bond donors (Lipinski definition) is 1. The van der Waals surface area contributed by atoms with Gasteiger partial charge in [0.1, 0.15) is 0 Å². The molecule has 146 valence electrons. The van der Waals surface area contributed by atoms with E-state index in [2.05, 4.69) is 56.1 Å². The molecule has 0 aliphatic carbocycles. The van der Waals surface area contributed by atoms with Gasteiger partial charge in [-0.25, -0.2) is 0 Å². The van der Waals surface area contributed by atoms with Crippen LogP contribution < -0.4 is 5.32 Å². The van der Waals surface area contributed by atoms with Crippen molar-refractivity contribution in [2.75, 3.05) is 26.2 Å². The van der Waals surface area contributed by atoms with Gasteiger partial charge in [0.15, 0.2) is 0 Å². The van der Waals surface area contributed by atoms with Crippen molar-refractivity contribution in [1.29, 1.82) is 0 Å². The zero-order valence-electron chi connectivity index (χ0n) is 17.2. The fraction of sp³-hybridized carbons (Fsp3) is 0.333. The van der Waals surface area contributed by atoms with E-state index >= 15 is 0 Å². The highest BCUT2D eigenvalue weighted by molar-refractivity contribution is 6.09. The highest BCUT2D eigenvalue weighted by Gasteiger charge is 2.15. The van der Waals surface area contributed by atoms with Gasteiger partial charge in [-0.15, -0.1) is 0 Å². The summed E-state index contributed by atoms with van der Waals surface area (Å²) in [4.78, 5) is 19.8. The lowest BCUT2D eigenvalue weighted by molar-refractivity contribution is 0.0950. The average Bonchev–Trinajstić information content (AvgIpc) is 2.70. The molecule has 1 N–H and O–H groups in total. The predicted molar refractivity (Wildman–Crippen MR) is 117 cm³/mol. The van der Waals surface area contributed by atoms with Gasteiger partial charge in [-0.2, -0.15) is 0 Å². The molecule has 2 aromatic carbocycles. The molecule has 0 spiro atoms. The van der Waals surface area contributed by atoms with Gasteiger partial charge in [0.25, 0.3) is 5.91 Å². The summed E-state index contributed by atoms with van der Waals surface area (Å²) in [5.74, 6) is -0.0666. The van der Waals surface area contributed by atoms with Crippen LogP contribution in [0.1, 0.15) is 35.3 Å². The first-order valence-corrected chi connectivity index (χ1v) is 10.0. The van der Waals surface area contributed by atoms with Crippen molar-refractivity contribution in [2.24, 2.45) is 0 Å². The molecule has 3 rings (SSSR count). The minimum absolute atomic E-state index is 0.0666. The van der Waals surface area contributed by atoms with Crippen LogP contribution in [0.2, 0.25) is 0 Å². The van der Waals surface area contributed by atoms with E-state index in [0.29, 0.717) is 12.1 Å². The van der Waals surface area contributed by atoms with Crippen LogP contribution in [0.25, 0.3) is 22.0 Å². The monoisotopic (exact) mass is 375 g/mol. The summed E-state index contributed by atoms with van der Waals surface area (Å²) >= 11 is 0. The molecular weight excluding hydrogens is 346 g/mol. The molecule has 28 heavy (non-hydrogen) atoms. The summed E-state index contributed by atoms with van der Waals surface area (Å²) in [7, 11) is 0. The van der Waals surface area contributed by atoms with Crippen molar-refractivity contribution in [3.8, 4) is 11.3 Å². The number of carbonyl (C=O) groups is 1. The predicted octanol–water partition coefficient (Wildman–Crippen LogP) is 4.59. The number of nitrogens with zero attached hydrogens (tertiary/aromatic N) is 2. The number of hydrogen-bond acceptors (Lipinski definition) is 3. The molecule has 1 amide bonds. The molecule has 0 aliphatic heterocycles. The average molecular weight is 376 g/mol. The summed E-state index contributed by atoms with van der Waals surface area (Å²) in [5.41, 5.74) is 5.08. The van der Waals surface area contributed by atoms with Crippen molar-refractivity contribution in [1.82, 2.24) is 15.2 Å². The second-order valence-corrected chi connectivity index (χ2v) is 7.17. The lowest BCUT2D eigenvalue weighted by atomic mass is 9.97. The first kappa shape index (κ1) is 20.0. The summed E-state index contributed by atoms with van der Waals surface area (Å²) in [6.45, 7) is 11.9. The molecule has 0 fully saturated rings. The Bertz CT molecular complexity index is 977. The van der Waals surface area contributed by atoms with Gasteiger partial charge in [-0.1, -0.05) is 61.9 Å². The van der Waals surface area contributed by atoms with Crippen LogP contribution in [0.4, 0.5) is 0 Å². The van der Waals surface area contributed by atoms with Gasteiger partial charge < -0.3 is 10.2 Å². The smallest absolute Gasteiger partial charge is 0.253 e. The number of amides is 1. The Morgan fingerprint density at radius 1 is 1.04 bits per heavy atom. The second-order valence-electron chi connectivity index (χ2n) is 7.17. The van der Waals surface area contributed by atoms with Gasteiger partial charge in [0.05, 0.1) is 11.3 Å². The van der Waals surface area contributed by atoms with E-state index in [1.165, 1.54) is 11.1 Å². The van der Waals surface area contributed by atoms with Crippen molar-refractivity contribution < 1.29 is 4.79 Å². The maximum atomic E-state index is 12.8. The van der Waals surface area contributed by atoms with Crippen LogP contribution in [0.5, 0.6) is 0 Å². The van der Waals surface area contributed by atoms with Crippen molar-refractivity contribution in [3.05, 3.63) is 65.4 Å². The number of carbonyl (C=O) groups excluding carboxylic acids is 1. The minimum atomic E-state index is -0.0666. The van der Waals surface area contributed by atoms with E-state index in [9.17, 15) is 4.79 Å². The normalized spacial score (nSPS) is 11.2. The van der Waals surface area contributed by atoms with E-state index in [1.54, 1.807) is 6.20 Å². The lowest BCUT2D eigenvalue weighted by Gasteiger charge is -2.18. The molecule has 4 heteroatoms. The van der Waals surface area contributed by atoms with Crippen LogP contribution in [-0.2, 0) is 0 Å². The maximum absolute atomic E-state index is 12.8. The third-order valence-electron chi connectivity index (χ3n) is 5.28. The van der Waals surface area contributed by atoms with E-state index < -0.39 is 0 Å². The fourth-order valence-corrected chi connectivity index (χ4v) is 3.63. The van der Waals surface area contributed by atoms with E-state index in [0.717, 1.165) is 41.7 Å². The molecular formula is C24H29N3O. The first-order chi connectivity index (χ1) is 13.5. The molecule has 0 saturated carbocycles. The van der Waals surface area contributed by atoms with E-state index in [1.807, 2.05) is 24.3 Å². The Morgan fingerprint density at radius 3 is 2.43 bits per heavy atom. The number of nitrogens with one attached hydrogen (secondary N) is 1. The van der Waals surface area contributed by atoms with Crippen LogP contribution >= 0.6 is 0 Å². The highest BCUT2D eigenvalue weighted by atomic mass is 16.1. The summed E-state index contributed by atoms with van der Waals surface area (Å²) in [6, 6.07) is 14.4. The van der Waals surface area contributed by atoms with Crippen LogP contribution in [0.15, 0.2) is 48.7 Å². The standard InChI is InChI=1S/C24H29N3O/c1-5-27(6-2)14-13-25-24(28)22-16-26-23(21-10-8-7-9-20(21)22)19-12-11-17(3)15-18(19)4/h7-12,15-16H,5-6,13-14H2,1-4H3,(H,25,28). The van der Waals surface area contributed by atoms with Crippen molar-refractivity contribution in [2.45, 2.75) is 27.7 Å². The number of aromatic nitrogens is 1. The van der Waals surface area contributed by atoms with Gasteiger partial charge >= 0.3 is 0 Å². The third kappa shape index (κ3) is 4.23. The zero-order chi connectivity index (χ0) is 20.1. The fourth-order valence-electron chi connectivity index (χ4n) is 3.63. The van der Waals surface area contributed by atoms with E-state index in [-0.39, 0.29) is 5.91 Å². The number of aryl methyl sites for hydroxylation is 2. The SMILES string of the molecule is CCN(CC)CCNC(=O)c1cnc(-c2ccc(C)cc2C)c2ccccc12. The number of fused-ring (bicyclic) bond motifs is 1. The summed E-state index contributed by atoms with van der Waals surface area (Å²) in [5, 5.41) is 4.99.